The summed E-state index contributed by atoms with van der Waals surface area (Å²) in [5.74, 6) is 1.34. The largest absolute Gasteiger partial charge is 0.493 e. The first-order chi connectivity index (χ1) is 16.3. The van der Waals surface area contributed by atoms with E-state index in [0.717, 1.165) is 16.8 Å². The maximum absolute atomic E-state index is 12.5. The monoisotopic (exact) mass is 474 g/mol. The molecular formula is C28H27ClN2O3. The fraction of sp³-hybridized carbons (Fsp3) is 0.250. The first-order valence-electron chi connectivity index (χ1n) is 11.3. The number of rotatable bonds is 6. The number of carbonyl (C=O) groups excluding carboxylic acids is 1. The van der Waals surface area contributed by atoms with Gasteiger partial charge in [0.1, 0.15) is 12.3 Å². The summed E-state index contributed by atoms with van der Waals surface area (Å²) in [7, 11) is 1.63. The molecule has 0 radical (unpaired) electrons. The van der Waals surface area contributed by atoms with E-state index >= 15 is 0 Å². The Bertz CT molecular complexity index is 1270. The molecule has 1 atom stereocenters. The van der Waals surface area contributed by atoms with Crippen molar-refractivity contribution >= 4 is 29.3 Å². The van der Waals surface area contributed by atoms with Gasteiger partial charge in [-0.25, -0.2) is 0 Å². The summed E-state index contributed by atoms with van der Waals surface area (Å²) in [4.78, 5) is 14.7. The molecule has 0 bridgehead atoms. The number of halogens is 1. The van der Waals surface area contributed by atoms with Crippen molar-refractivity contribution in [3.8, 4) is 11.5 Å². The highest BCUT2D eigenvalue weighted by Crippen LogP contribution is 2.52. The van der Waals surface area contributed by atoms with Crippen LogP contribution in [-0.4, -0.2) is 25.2 Å². The van der Waals surface area contributed by atoms with Crippen LogP contribution in [-0.2, 0) is 16.8 Å². The Balaban J connectivity index is 1.41. The normalized spacial score (nSPS) is 20.2. The molecule has 1 fully saturated rings. The molecule has 174 valence electrons. The first-order valence-corrected chi connectivity index (χ1v) is 11.6. The summed E-state index contributed by atoms with van der Waals surface area (Å²) >= 11 is 5.96. The third-order valence-corrected chi connectivity index (χ3v) is 7.14. The number of nitrogens with zero attached hydrogens (tertiary/aromatic N) is 1. The lowest BCUT2D eigenvalue weighted by molar-refractivity contribution is -0.118. The maximum atomic E-state index is 12.5. The Morgan fingerprint density at radius 3 is 2.59 bits per heavy atom. The molecule has 5 rings (SSSR count). The van der Waals surface area contributed by atoms with Crippen LogP contribution in [0.2, 0.25) is 5.02 Å². The van der Waals surface area contributed by atoms with Gasteiger partial charge in [-0.05, 0) is 53.1 Å². The molecular weight excluding hydrogens is 448 g/mol. The zero-order chi connectivity index (χ0) is 23.9. The van der Waals surface area contributed by atoms with Crippen LogP contribution >= 0.6 is 11.6 Å². The molecule has 1 N–H and O–H groups in total. The Labute approximate surface area is 204 Å². The van der Waals surface area contributed by atoms with Crippen LogP contribution in [0.3, 0.4) is 0 Å². The zero-order valence-electron chi connectivity index (χ0n) is 19.5. The maximum Gasteiger partial charge on any atom is 0.241 e. The number of hydrogen-bond acceptors (Lipinski definition) is 4. The number of hydrogen-bond donors (Lipinski definition) is 1. The van der Waals surface area contributed by atoms with E-state index in [2.05, 4.69) is 48.3 Å². The summed E-state index contributed by atoms with van der Waals surface area (Å²) in [6, 6.07) is 21.7. The topological polar surface area (TPSA) is 50.8 Å². The van der Waals surface area contributed by atoms with Crippen LogP contribution in [0.1, 0.15) is 30.5 Å². The van der Waals surface area contributed by atoms with Gasteiger partial charge in [0, 0.05) is 16.1 Å². The highest BCUT2D eigenvalue weighted by atomic mass is 35.5. The Kier molecular flexibility index (Phi) is 5.53. The SMILES string of the molecule is COc1cc(/C=C/[C@@]23NC(=O)CN2c2ccccc2C3(C)C)ccc1OCc1ccc(Cl)cc1. The number of anilines is 1. The smallest absolute Gasteiger partial charge is 0.241 e. The molecule has 1 saturated heterocycles. The van der Waals surface area contributed by atoms with Crippen molar-refractivity contribution in [1.82, 2.24) is 5.32 Å². The van der Waals surface area contributed by atoms with Crippen LogP contribution in [0.4, 0.5) is 5.69 Å². The summed E-state index contributed by atoms with van der Waals surface area (Å²) in [5.41, 5.74) is 3.36. The fourth-order valence-corrected chi connectivity index (χ4v) is 5.13. The van der Waals surface area contributed by atoms with Gasteiger partial charge >= 0.3 is 0 Å². The summed E-state index contributed by atoms with van der Waals surface area (Å²) < 4.78 is 11.6. The van der Waals surface area contributed by atoms with Crippen molar-refractivity contribution in [2.24, 2.45) is 0 Å². The molecule has 3 aromatic carbocycles. The molecule has 0 saturated carbocycles. The van der Waals surface area contributed by atoms with Crippen LogP contribution in [0.25, 0.3) is 6.08 Å². The predicted molar refractivity (Wildman–Crippen MR) is 135 cm³/mol. The van der Waals surface area contributed by atoms with Gasteiger partial charge in [-0.15, -0.1) is 0 Å². The number of methoxy groups -OCH3 is 1. The minimum Gasteiger partial charge on any atom is -0.493 e. The summed E-state index contributed by atoms with van der Waals surface area (Å²) in [6.45, 7) is 5.11. The van der Waals surface area contributed by atoms with Gasteiger partial charge in [0.15, 0.2) is 11.5 Å². The summed E-state index contributed by atoms with van der Waals surface area (Å²) in [6.07, 6.45) is 4.14. The summed E-state index contributed by atoms with van der Waals surface area (Å²) in [5, 5.41) is 3.95. The highest BCUT2D eigenvalue weighted by molar-refractivity contribution is 6.30. The second-order valence-electron chi connectivity index (χ2n) is 9.20. The van der Waals surface area contributed by atoms with E-state index in [1.807, 2.05) is 54.6 Å². The lowest BCUT2D eigenvalue weighted by Crippen LogP contribution is -2.58. The van der Waals surface area contributed by atoms with Gasteiger partial charge in [-0.1, -0.05) is 67.9 Å². The molecule has 1 amide bonds. The van der Waals surface area contributed by atoms with Gasteiger partial charge in [0.05, 0.1) is 13.7 Å². The third kappa shape index (κ3) is 3.61. The molecule has 0 spiro atoms. The predicted octanol–water partition coefficient (Wildman–Crippen LogP) is 5.56. The van der Waals surface area contributed by atoms with Crippen molar-refractivity contribution in [3.63, 3.8) is 0 Å². The van der Waals surface area contributed by atoms with E-state index in [1.165, 1.54) is 5.56 Å². The van der Waals surface area contributed by atoms with Gasteiger partial charge in [0.25, 0.3) is 0 Å². The molecule has 34 heavy (non-hydrogen) atoms. The van der Waals surface area contributed by atoms with Gasteiger partial charge < -0.3 is 19.7 Å². The van der Waals surface area contributed by atoms with Crippen molar-refractivity contribution in [3.05, 3.63) is 94.5 Å². The molecule has 0 aromatic heterocycles. The van der Waals surface area contributed by atoms with E-state index < -0.39 is 5.66 Å². The van der Waals surface area contributed by atoms with Crippen LogP contribution in [0.15, 0.2) is 72.8 Å². The number of nitrogens with one attached hydrogen (secondary N) is 1. The Hall–Kier alpha value is -3.44. The molecule has 2 heterocycles. The molecule has 2 aliphatic rings. The molecule has 3 aromatic rings. The van der Waals surface area contributed by atoms with Crippen molar-refractivity contribution in [2.45, 2.75) is 31.5 Å². The molecule has 0 aliphatic carbocycles. The van der Waals surface area contributed by atoms with Crippen LogP contribution in [0.5, 0.6) is 11.5 Å². The van der Waals surface area contributed by atoms with Crippen molar-refractivity contribution in [2.75, 3.05) is 18.6 Å². The van der Waals surface area contributed by atoms with Crippen LogP contribution in [0, 0.1) is 0 Å². The lowest BCUT2D eigenvalue weighted by atomic mass is 9.75. The van der Waals surface area contributed by atoms with Crippen molar-refractivity contribution < 1.29 is 14.3 Å². The minimum absolute atomic E-state index is 0.0238. The fourth-order valence-electron chi connectivity index (χ4n) is 5.01. The average molecular weight is 475 g/mol. The Morgan fingerprint density at radius 1 is 1.06 bits per heavy atom. The lowest BCUT2D eigenvalue weighted by Gasteiger charge is -2.40. The molecule has 2 aliphatic heterocycles. The first kappa shape index (κ1) is 22.4. The highest BCUT2D eigenvalue weighted by Gasteiger charge is 2.59. The number of ether oxygens (including phenoxy) is 2. The standard InChI is InChI=1S/C28H27ClN2O3/c1-27(2)22-6-4-5-7-23(22)31-17-26(32)30-28(27,31)15-14-19-10-13-24(25(16-19)33-3)34-18-20-8-11-21(29)12-9-20/h4-16H,17-18H2,1-3H3,(H,30,32)/b15-14+/t28-/m1/s1. The van der Waals surface area contributed by atoms with Gasteiger partial charge in [-0.2, -0.15) is 0 Å². The van der Waals surface area contributed by atoms with Crippen molar-refractivity contribution in [1.29, 1.82) is 0 Å². The molecule has 5 nitrogen and oxygen atoms in total. The zero-order valence-corrected chi connectivity index (χ0v) is 20.2. The number of carbonyl (C=O) groups is 1. The van der Waals surface area contributed by atoms with E-state index in [1.54, 1.807) is 7.11 Å². The van der Waals surface area contributed by atoms with Crippen LogP contribution < -0.4 is 19.7 Å². The van der Waals surface area contributed by atoms with E-state index in [4.69, 9.17) is 21.1 Å². The van der Waals surface area contributed by atoms with E-state index in [9.17, 15) is 4.79 Å². The van der Waals surface area contributed by atoms with E-state index in [-0.39, 0.29) is 11.3 Å². The number of benzene rings is 3. The van der Waals surface area contributed by atoms with Gasteiger partial charge in [-0.3, -0.25) is 4.79 Å². The molecule has 0 unspecified atom stereocenters. The number of fused-ring (bicyclic) bond motifs is 3. The average Bonchev–Trinajstić information content (AvgIpc) is 3.27. The Morgan fingerprint density at radius 2 is 1.82 bits per heavy atom. The van der Waals surface area contributed by atoms with E-state index in [0.29, 0.717) is 29.7 Å². The number of para-hydroxylation sites is 1. The third-order valence-electron chi connectivity index (χ3n) is 6.89. The second kappa shape index (κ2) is 8.41. The minimum atomic E-state index is -0.634. The second-order valence-corrected chi connectivity index (χ2v) is 9.64. The van der Waals surface area contributed by atoms with Gasteiger partial charge in [0.2, 0.25) is 5.91 Å². The quantitative estimate of drug-likeness (QED) is 0.507. The number of amides is 1. The molecule has 6 heteroatoms.